The second-order valence-electron chi connectivity index (χ2n) is 10.6. The van der Waals surface area contributed by atoms with Crippen LogP contribution in [0.25, 0.3) is 0 Å². The number of nitrogens with zero attached hydrogens (tertiary/aromatic N) is 1. The number of benzene rings is 1. The Morgan fingerprint density at radius 2 is 1.81 bits per heavy atom. The zero-order valence-electron chi connectivity index (χ0n) is 22.5. The highest BCUT2D eigenvalue weighted by atomic mass is 16.5. The van der Waals surface area contributed by atoms with Gasteiger partial charge in [-0.3, -0.25) is 24.1 Å². The van der Waals surface area contributed by atoms with Gasteiger partial charge in [0.25, 0.3) is 5.91 Å². The molecular weight excluding hydrogens is 476 g/mol. The standard InChI is InChI=1S/C28H40N2O7/c1-19(31)37-21-11-9-20(10-12-21)16-23-24(32)18-27(35)30(23)26(34)17-22(36-5)13-15-29-25(33)8-6-7-14-28(2,3)4/h9-12,17,23-24,32H,6-8,13-16,18H2,1-5H3,(H,29,33)/b22-17+/t23-,24+/m1/s1. The quantitative estimate of drug-likeness (QED) is 0.144. The highest BCUT2D eigenvalue weighted by molar-refractivity contribution is 6.03. The van der Waals surface area contributed by atoms with Crippen LogP contribution in [-0.4, -0.2) is 59.5 Å². The number of rotatable bonds is 12. The molecule has 0 saturated carbocycles. The molecule has 1 saturated heterocycles. The minimum absolute atomic E-state index is 0.0479. The Morgan fingerprint density at radius 1 is 1.14 bits per heavy atom. The topological polar surface area (TPSA) is 122 Å². The number of carbonyl (C=O) groups excluding carboxylic acids is 4. The van der Waals surface area contributed by atoms with Crippen LogP contribution in [0.4, 0.5) is 0 Å². The van der Waals surface area contributed by atoms with Crippen LogP contribution in [0.5, 0.6) is 5.75 Å². The Balaban J connectivity index is 1.92. The summed E-state index contributed by atoms with van der Waals surface area (Å²) in [6.07, 6.45) is 3.95. The van der Waals surface area contributed by atoms with Gasteiger partial charge in [0, 0.05) is 32.4 Å². The lowest BCUT2D eigenvalue weighted by Crippen LogP contribution is -2.42. The van der Waals surface area contributed by atoms with Crippen molar-refractivity contribution in [2.24, 2.45) is 5.41 Å². The number of methoxy groups -OCH3 is 1. The lowest BCUT2D eigenvalue weighted by atomic mass is 9.89. The van der Waals surface area contributed by atoms with Gasteiger partial charge in [-0.2, -0.15) is 0 Å². The van der Waals surface area contributed by atoms with E-state index < -0.39 is 29.9 Å². The van der Waals surface area contributed by atoms with E-state index in [0.29, 0.717) is 30.9 Å². The average Bonchev–Trinajstić information content (AvgIpc) is 3.08. The van der Waals surface area contributed by atoms with Crippen molar-refractivity contribution in [2.45, 2.75) is 84.8 Å². The summed E-state index contributed by atoms with van der Waals surface area (Å²) < 4.78 is 10.3. The van der Waals surface area contributed by atoms with E-state index in [4.69, 9.17) is 9.47 Å². The monoisotopic (exact) mass is 516 g/mol. The summed E-state index contributed by atoms with van der Waals surface area (Å²) in [7, 11) is 1.43. The van der Waals surface area contributed by atoms with Crippen LogP contribution in [0, 0.1) is 5.41 Å². The Morgan fingerprint density at radius 3 is 2.41 bits per heavy atom. The first-order valence-electron chi connectivity index (χ1n) is 12.7. The highest BCUT2D eigenvalue weighted by Crippen LogP contribution is 2.25. The number of likely N-dealkylation sites (tertiary alicyclic amines) is 1. The maximum absolute atomic E-state index is 13.0. The van der Waals surface area contributed by atoms with Gasteiger partial charge in [0.15, 0.2) is 0 Å². The van der Waals surface area contributed by atoms with E-state index in [1.165, 1.54) is 20.1 Å². The molecule has 0 bridgehead atoms. The van der Waals surface area contributed by atoms with Crippen molar-refractivity contribution >= 4 is 23.7 Å². The summed E-state index contributed by atoms with van der Waals surface area (Å²) in [5.74, 6) is -0.803. The van der Waals surface area contributed by atoms with Crippen LogP contribution < -0.4 is 10.1 Å². The highest BCUT2D eigenvalue weighted by Gasteiger charge is 2.41. The van der Waals surface area contributed by atoms with Crippen molar-refractivity contribution in [3.8, 4) is 5.75 Å². The third kappa shape index (κ3) is 10.4. The number of aliphatic hydroxyl groups excluding tert-OH is 1. The Kier molecular flexibility index (Phi) is 11.3. The molecule has 1 aliphatic rings. The molecule has 204 valence electrons. The summed E-state index contributed by atoms with van der Waals surface area (Å²) in [4.78, 5) is 49.8. The van der Waals surface area contributed by atoms with E-state index in [1.54, 1.807) is 24.3 Å². The van der Waals surface area contributed by atoms with Gasteiger partial charge in [0.1, 0.15) is 11.5 Å². The van der Waals surface area contributed by atoms with E-state index in [2.05, 4.69) is 26.1 Å². The zero-order chi connectivity index (χ0) is 27.6. The predicted octanol–water partition coefficient (Wildman–Crippen LogP) is 3.29. The molecule has 2 N–H and O–H groups in total. The fourth-order valence-electron chi connectivity index (χ4n) is 4.18. The van der Waals surface area contributed by atoms with Gasteiger partial charge >= 0.3 is 5.97 Å². The van der Waals surface area contributed by atoms with Crippen molar-refractivity contribution in [3.05, 3.63) is 41.7 Å². The molecule has 2 rings (SSSR count). The summed E-state index contributed by atoms with van der Waals surface area (Å²) >= 11 is 0. The van der Waals surface area contributed by atoms with Gasteiger partial charge in [-0.1, -0.05) is 39.3 Å². The SMILES string of the molecule is CO/C(=C/C(=O)N1C(=O)C[C@H](O)[C@H]1Cc1ccc(OC(C)=O)cc1)CCNC(=O)CCCCC(C)(C)C. The fourth-order valence-corrected chi connectivity index (χ4v) is 4.18. The van der Waals surface area contributed by atoms with Crippen molar-refractivity contribution in [3.63, 3.8) is 0 Å². The first-order valence-corrected chi connectivity index (χ1v) is 12.7. The summed E-state index contributed by atoms with van der Waals surface area (Å²) in [5, 5.41) is 13.3. The molecule has 0 aliphatic carbocycles. The number of esters is 1. The fraction of sp³-hybridized carbons (Fsp3) is 0.571. The predicted molar refractivity (Wildman–Crippen MR) is 138 cm³/mol. The third-order valence-electron chi connectivity index (χ3n) is 6.12. The van der Waals surface area contributed by atoms with Crippen LogP contribution in [0.1, 0.15) is 71.8 Å². The number of carbonyl (C=O) groups is 4. The minimum Gasteiger partial charge on any atom is -0.501 e. The average molecular weight is 517 g/mol. The van der Waals surface area contributed by atoms with E-state index in [-0.39, 0.29) is 24.2 Å². The lowest BCUT2D eigenvalue weighted by Gasteiger charge is -2.24. The number of unbranched alkanes of at least 4 members (excludes halogenated alkanes) is 1. The number of hydrogen-bond acceptors (Lipinski definition) is 7. The molecule has 1 heterocycles. The van der Waals surface area contributed by atoms with Crippen LogP contribution in [0.15, 0.2) is 36.1 Å². The molecule has 0 aromatic heterocycles. The smallest absolute Gasteiger partial charge is 0.308 e. The molecule has 9 nitrogen and oxygen atoms in total. The number of aliphatic hydroxyl groups is 1. The van der Waals surface area contributed by atoms with Crippen LogP contribution in [0.3, 0.4) is 0 Å². The summed E-state index contributed by atoms with van der Waals surface area (Å²) in [5.41, 5.74) is 1.02. The van der Waals surface area contributed by atoms with E-state index in [0.717, 1.165) is 29.7 Å². The maximum Gasteiger partial charge on any atom is 0.308 e. The molecule has 0 unspecified atom stereocenters. The molecule has 1 fully saturated rings. The molecule has 0 spiro atoms. The van der Waals surface area contributed by atoms with Crippen LogP contribution >= 0.6 is 0 Å². The third-order valence-corrected chi connectivity index (χ3v) is 6.12. The normalized spacial score (nSPS) is 18.1. The number of ether oxygens (including phenoxy) is 2. The number of amides is 3. The lowest BCUT2D eigenvalue weighted by molar-refractivity contribution is -0.141. The zero-order valence-corrected chi connectivity index (χ0v) is 22.5. The number of imide groups is 1. The van der Waals surface area contributed by atoms with Gasteiger partial charge in [0.05, 0.1) is 25.7 Å². The number of nitrogens with one attached hydrogen (secondary N) is 1. The van der Waals surface area contributed by atoms with Crippen LogP contribution in [-0.2, 0) is 30.3 Å². The molecule has 3 amide bonds. The molecule has 1 aromatic carbocycles. The van der Waals surface area contributed by atoms with E-state index >= 15 is 0 Å². The van der Waals surface area contributed by atoms with Crippen molar-refractivity contribution in [2.75, 3.05) is 13.7 Å². The van der Waals surface area contributed by atoms with Gasteiger partial charge in [-0.15, -0.1) is 0 Å². The second-order valence-corrected chi connectivity index (χ2v) is 10.6. The largest absolute Gasteiger partial charge is 0.501 e. The maximum atomic E-state index is 13.0. The molecule has 9 heteroatoms. The Labute approximate surface area is 219 Å². The van der Waals surface area contributed by atoms with Gasteiger partial charge in [-0.25, -0.2) is 0 Å². The minimum atomic E-state index is -0.999. The first kappa shape index (κ1) is 30.0. The second kappa shape index (κ2) is 13.9. The molecule has 37 heavy (non-hydrogen) atoms. The molecular formula is C28H40N2O7. The molecule has 2 atom stereocenters. The number of hydrogen-bond donors (Lipinski definition) is 2. The van der Waals surface area contributed by atoms with Gasteiger partial charge in [-0.05, 0) is 42.4 Å². The summed E-state index contributed by atoms with van der Waals surface area (Å²) in [6.45, 7) is 8.14. The Hall–Kier alpha value is -3.20. The Bertz CT molecular complexity index is 979. The van der Waals surface area contributed by atoms with Crippen molar-refractivity contribution in [1.82, 2.24) is 10.2 Å². The van der Waals surface area contributed by atoms with E-state index in [9.17, 15) is 24.3 Å². The van der Waals surface area contributed by atoms with E-state index in [1.807, 2.05) is 0 Å². The molecule has 1 aromatic rings. The van der Waals surface area contributed by atoms with Gasteiger partial charge < -0.3 is 19.9 Å². The summed E-state index contributed by atoms with van der Waals surface area (Å²) in [6, 6.07) is 5.95. The van der Waals surface area contributed by atoms with Crippen molar-refractivity contribution < 1.29 is 33.8 Å². The first-order chi connectivity index (χ1) is 17.4. The molecule has 0 radical (unpaired) electrons. The van der Waals surface area contributed by atoms with Crippen molar-refractivity contribution in [1.29, 1.82) is 0 Å². The van der Waals surface area contributed by atoms with Gasteiger partial charge in [0.2, 0.25) is 11.8 Å². The van der Waals surface area contributed by atoms with Crippen LogP contribution in [0.2, 0.25) is 0 Å². The molecule has 1 aliphatic heterocycles.